The molecule has 0 saturated heterocycles. The molecule has 0 aliphatic rings. The topological polar surface area (TPSA) is 12.0 Å². The Bertz CT molecular complexity index is 444. The molecule has 0 aliphatic heterocycles. The predicted octanol–water partition coefficient (Wildman–Crippen LogP) is 4.90. The first-order chi connectivity index (χ1) is 10.4. The van der Waals surface area contributed by atoms with Crippen molar-refractivity contribution in [3.05, 3.63) is 71.8 Å². The van der Waals surface area contributed by atoms with E-state index in [1.54, 1.807) is 0 Å². The Kier molecular flexibility index (Phi) is 7.41. The van der Waals surface area contributed by atoms with E-state index in [4.69, 9.17) is 0 Å². The molecule has 112 valence electrons. The van der Waals surface area contributed by atoms with Gasteiger partial charge < -0.3 is 5.32 Å². The quantitative estimate of drug-likeness (QED) is 0.661. The predicted molar refractivity (Wildman–Crippen MR) is 95.0 cm³/mol. The van der Waals surface area contributed by atoms with E-state index in [2.05, 4.69) is 72.2 Å². The van der Waals surface area contributed by atoms with Gasteiger partial charge in [-0.25, -0.2) is 0 Å². The summed E-state index contributed by atoms with van der Waals surface area (Å²) in [5.41, 5.74) is 2.68. The van der Waals surface area contributed by atoms with Crippen LogP contribution >= 0.6 is 11.8 Å². The van der Waals surface area contributed by atoms with E-state index in [9.17, 15) is 0 Å². The van der Waals surface area contributed by atoms with Gasteiger partial charge >= 0.3 is 0 Å². The Morgan fingerprint density at radius 1 is 0.810 bits per heavy atom. The number of hydrogen-bond donors (Lipinski definition) is 1. The number of hydrogen-bond acceptors (Lipinski definition) is 2. The zero-order chi connectivity index (χ0) is 14.8. The lowest BCUT2D eigenvalue weighted by Gasteiger charge is -2.20. The lowest BCUT2D eigenvalue weighted by Crippen LogP contribution is -2.23. The van der Waals surface area contributed by atoms with Crippen molar-refractivity contribution in [2.24, 2.45) is 0 Å². The maximum atomic E-state index is 3.72. The van der Waals surface area contributed by atoms with Crippen LogP contribution in [0.3, 0.4) is 0 Å². The molecule has 0 heterocycles. The van der Waals surface area contributed by atoms with Gasteiger partial charge in [-0.1, -0.05) is 67.1 Å². The Morgan fingerprint density at radius 3 is 1.90 bits per heavy atom. The molecule has 0 spiro atoms. The molecule has 1 nitrogen and oxygen atoms in total. The molecule has 0 amide bonds. The van der Waals surface area contributed by atoms with Gasteiger partial charge in [0.1, 0.15) is 0 Å². The first-order valence-corrected chi connectivity index (χ1v) is 9.13. The van der Waals surface area contributed by atoms with Crippen LogP contribution in [0.25, 0.3) is 0 Å². The first kappa shape index (κ1) is 16.1. The molecule has 21 heavy (non-hydrogen) atoms. The Labute approximate surface area is 133 Å². The second kappa shape index (κ2) is 9.64. The number of rotatable bonds is 9. The summed E-state index contributed by atoms with van der Waals surface area (Å²) in [5, 5.41) is 3.72. The smallest absolute Gasteiger partial charge is 0.0576 e. The van der Waals surface area contributed by atoms with E-state index in [-0.39, 0.29) is 0 Å². The van der Waals surface area contributed by atoms with Crippen molar-refractivity contribution in [3.8, 4) is 0 Å². The summed E-state index contributed by atoms with van der Waals surface area (Å²) in [6.07, 6.45) is 6.06. The minimum Gasteiger partial charge on any atom is -0.306 e. The van der Waals surface area contributed by atoms with Gasteiger partial charge in [0, 0.05) is 0 Å². The lowest BCUT2D eigenvalue weighted by atomic mass is 9.98. The van der Waals surface area contributed by atoms with Crippen LogP contribution in [0.2, 0.25) is 0 Å². The van der Waals surface area contributed by atoms with Gasteiger partial charge in [-0.3, -0.25) is 0 Å². The molecule has 0 radical (unpaired) electrons. The molecule has 0 fully saturated rings. The highest BCUT2D eigenvalue weighted by Gasteiger charge is 2.12. The second-order valence-corrected chi connectivity index (χ2v) is 6.25. The van der Waals surface area contributed by atoms with Crippen molar-refractivity contribution in [2.45, 2.75) is 25.3 Å². The van der Waals surface area contributed by atoms with Gasteiger partial charge in [0.2, 0.25) is 0 Å². The van der Waals surface area contributed by atoms with Crippen LogP contribution in [-0.2, 0) is 0 Å². The number of benzene rings is 2. The van der Waals surface area contributed by atoms with Gasteiger partial charge in [-0.05, 0) is 42.5 Å². The van der Waals surface area contributed by atoms with Crippen molar-refractivity contribution >= 4 is 11.8 Å². The minimum absolute atomic E-state index is 0.299. The van der Waals surface area contributed by atoms with E-state index in [0.717, 1.165) is 6.54 Å². The summed E-state index contributed by atoms with van der Waals surface area (Å²) in [6.45, 7) is 1.07. The summed E-state index contributed by atoms with van der Waals surface area (Å²) >= 11 is 1.94. The van der Waals surface area contributed by atoms with E-state index in [0.29, 0.717) is 6.04 Å². The molecule has 0 saturated carbocycles. The van der Waals surface area contributed by atoms with Crippen LogP contribution in [0.4, 0.5) is 0 Å². The molecule has 0 aromatic heterocycles. The molecule has 2 heteroatoms. The number of thioether (sulfide) groups is 1. The molecule has 2 rings (SSSR count). The maximum Gasteiger partial charge on any atom is 0.0576 e. The summed E-state index contributed by atoms with van der Waals surface area (Å²) in [7, 11) is 0. The average molecular weight is 299 g/mol. The summed E-state index contributed by atoms with van der Waals surface area (Å²) in [4.78, 5) is 0. The Morgan fingerprint density at radius 2 is 1.38 bits per heavy atom. The Balaban J connectivity index is 1.94. The fourth-order valence-electron chi connectivity index (χ4n) is 2.51. The Hall–Kier alpha value is -1.25. The van der Waals surface area contributed by atoms with E-state index < -0.39 is 0 Å². The van der Waals surface area contributed by atoms with Gasteiger partial charge in [0.15, 0.2) is 0 Å². The third-order valence-electron chi connectivity index (χ3n) is 3.64. The van der Waals surface area contributed by atoms with E-state index in [1.165, 1.54) is 36.1 Å². The molecule has 0 bridgehead atoms. The third kappa shape index (κ3) is 5.56. The second-order valence-electron chi connectivity index (χ2n) is 5.26. The monoisotopic (exact) mass is 299 g/mol. The average Bonchev–Trinajstić information content (AvgIpc) is 2.56. The van der Waals surface area contributed by atoms with Crippen LogP contribution in [0, 0.1) is 0 Å². The van der Waals surface area contributed by atoms with Gasteiger partial charge in [-0.2, -0.15) is 11.8 Å². The highest BCUT2D eigenvalue weighted by Crippen LogP contribution is 2.21. The van der Waals surface area contributed by atoms with Crippen LogP contribution in [0.1, 0.15) is 36.4 Å². The fourth-order valence-corrected chi connectivity index (χ4v) is 3.01. The van der Waals surface area contributed by atoms with Crippen LogP contribution < -0.4 is 5.32 Å². The molecular formula is C19H25NS. The van der Waals surface area contributed by atoms with E-state index in [1.807, 2.05) is 11.8 Å². The van der Waals surface area contributed by atoms with Gasteiger partial charge in [0.05, 0.1) is 6.04 Å². The zero-order valence-electron chi connectivity index (χ0n) is 12.8. The highest BCUT2D eigenvalue weighted by atomic mass is 32.2. The third-order valence-corrected chi connectivity index (χ3v) is 4.34. The number of nitrogens with one attached hydrogen (secondary N) is 1. The summed E-state index contributed by atoms with van der Waals surface area (Å²) in [5.74, 6) is 1.28. The maximum absolute atomic E-state index is 3.72. The lowest BCUT2D eigenvalue weighted by molar-refractivity contribution is 0.566. The van der Waals surface area contributed by atoms with Crippen molar-refractivity contribution in [2.75, 3.05) is 18.6 Å². The number of unbranched alkanes of at least 4 members (excludes halogenated alkanes) is 2. The normalized spacial score (nSPS) is 11.0. The van der Waals surface area contributed by atoms with Crippen LogP contribution in [0.15, 0.2) is 60.7 Å². The van der Waals surface area contributed by atoms with Crippen molar-refractivity contribution in [1.82, 2.24) is 5.32 Å². The molecule has 0 atom stereocenters. The highest BCUT2D eigenvalue weighted by molar-refractivity contribution is 7.98. The van der Waals surface area contributed by atoms with Gasteiger partial charge in [-0.15, -0.1) is 0 Å². The largest absolute Gasteiger partial charge is 0.306 e. The molecule has 1 N–H and O–H groups in total. The van der Waals surface area contributed by atoms with E-state index >= 15 is 0 Å². The fraction of sp³-hybridized carbons (Fsp3) is 0.368. The first-order valence-electron chi connectivity index (χ1n) is 7.74. The molecular weight excluding hydrogens is 274 g/mol. The minimum atomic E-state index is 0.299. The van der Waals surface area contributed by atoms with Crippen LogP contribution in [0.5, 0.6) is 0 Å². The molecule has 2 aromatic rings. The summed E-state index contributed by atoms with van der Waals surface area (Å²) in [6, 6.07) is 21.7. The zero-order valence-corrected chi connectivity index (χ0v) is 13.6. The van der Waals surface area contributed by atoms with Crippen LogP contribution in [-0.4, -0.2) is 18.6 Å². The van der Waals surface area contributed by atoms with Crippen molar-refractivity contribution < 1.29 is 0 Å². The molecule has 0 aliphatic carbocycles. The molecule has 2 aromatic carbocycles. The molecule has 0 unspecified atom stereocenters. The van der Waals surface area contributed by atoms with Gasteiger partial charge in [0.25, 0.3) is 0 Å². The standard InChI is InChI=1S/C19H25NS/c1-21-16-10-4-9-15-20-19(17-11-5-2-6-12-17)18-13-7-3-8-14-18/h2-3,5-8,11-14,19-20H,4,9-10,15-16H2,1H3. The summed E-state index contributed by atoms with van der Waals surface area (Å²) < 4.78 is 0. The van der Waals surface area contributed by atoms with Crippen molar-refractivity contribution in [3.63, 3.8) is 0 Å². The van der Waals surface area contributed by atoms with Crippen molar-refractivity contribution in [1.29, 1.82) is 0 Å². The SMILES string of the molecule is CSCCCCCNC(c1ccccc1)c1ccccc1.